The molecule has 2 rings (SSSR count). The lowest BCUT2D eigenvalue weighted by Crippen LogP contribution is -2.38. The molecule has 0 saturated heterocycles. The molecule has 18 heavy (non-hydrogen) atoms. The molecule has 1 aliphatic carbocycles. The van der Waals surface area contributed by atoms with Crippen LogP contribution in [0.1, 0.15) is 24.8 Å². The van der Waals surface area contributed by atoms with Gasteiger partial charge in [0.2, 0.25) is 0 Å². The molecule has 1 aromatic carbocycles. The summed E-state index contributed by atoms with van der Waals surface area (Å²) in [6, 6.07) is 8.27. The monoisotopic (exact) mass is 247 g/mol. The van der Waals surface area contributed by atoms with Crippen molar-refractivity contribution in [2.75, 3.05) is 18.4 Å². The van der Waals surface area contributed by atoms with E-state index in [1.807, 2.05) is 36.1 Å². The third kappa shape index (κ3) is 3.47. The average molecular weight is 247 g/mol. The third-order valence-corrected chi connectivity index (χ3v) is 3.15. The Morgan fingerprint density at radius 2 is 2.06 bits per heavy atom. The van der Waals surface area contributed by atoms with Crippen LogP contribution in [0.4, 0.5) is 10.5 Å². The van der Waals surface area contributed by atoms with Gasteiger partial charge in [-0.15, -0.1) is 0 Å². The van der Waals surface area contributed by atoms with Crippen molar-refractivity contribution >= 4 is 11.7 Å². The molecule has 98 valence electrons. The van der Waals surface area contributed by atoms with E-state index in [1.54, 1.807) is 0 Å². The molecular formula is C14H21N3O. The van der Waals surface area contributed by atoms with Gasteiger partial charge in [0.25, 0.3) is 0 Å². The number of carbonyl (C=O) groups excluding carboxylic acids is 1. The van der Waals surface area contributed by atoms with Gasteiger partial charge in [0.05, 0.1) is 0 Å². The van der Waals surface area contributed by atoms with E-state index in [0.717, 1.165) is 31.5 Å². The molecule has 1 aliphatic rings. The average Bonchev–Trinajstić information content (AvgIpc) is 3.17. The summed E-state index contributed by atoms with van der Waals surface area (Å²) < 4.78 is 0. The number of aryl methyl sites for hydroxylation is 1. The van der Waals surface area contributed by atoms with Crippen LogP contribution < -0.4 is 11.1 Å². The van der Waals surface area contributed by atoms with E-state index in [9.17, 15) is 4.79 Å². The molecule has 3 N–H and O–H groups in total. The minimum absolute atomic E-state index is 0.00481. The number of nitrogens with two attached hydrogens (primary N) is 1. The maximum Gasteiger partial charge on any atom is 0.322 e. The Kier molecular flexibility index (Phi) is 4.20. The molecule has 4 nitrogen and oxygen atoms in total. The molecule has 1 aromatic rings. The number of anilines is 1. The second-order valence-corrected chi connectivity index (χ2v) is 4.86. The van der Waals surface area contributed by atoms with E-state index in [4.69, 9.17) is 5.73 Å². The first-order valence-electron chi connectivity index (χ1n) is 6.55. The lowest BCUT2D eigenvalue weighted by molar-refractivity contribution is 0.208. The Balaban J connectivity index is 1.93. The predicted octanol–water partition coefficient (Wildman–Crippen LogP) is 2.34. The second-order valence-electron chi connectivity index (χ2n) is 4.86. The van der Waals surface area contributed by atoms with Crippen molar-refractivity contribution < 1.29 is 4.79 Å². The van der Waals surface area contributed by atoms with Crippen LogP contribution >= 0.6 is 0 Å². The van der Waals surface area contributed by atoms with Gasteiger partial charge in [0, 0.05) is 18.3 Å². The Hall–Kier alpha value is -1.55. The Morgan fingerprint density at radius 3 is 2.61 bits per heavy atom. The fourth-order valence-electron chi connectivity index (χ4n) is 1.93. The number of nitrogens with zero attached hydrogens (tertiary/aromatic N) is 1. The Labute approximate surface area is 108 Å². The molecule has 1 fully saturated rings. The zero-order valence-electron chi connectivity index (χ0n) is 10.9. The van der Waals surface area contributed by atoms with Crippen LogP contribution in [0.15, 0.2) is 24.3 Å². The van der Waals surface area contributed by atoms with Gasteiger partial charge in [0.1, 0.15) is 0 Å². The molecule has 0 aromatic heterocycles. The van der Waals surface area contributed by atoms with Crippen LogP contribution in [0.2, 0.25) is 0 Å². The van der Waals surface area contributed by atoms with Gasteiger partial charge in [-0.25, -0.2) is 4.79 Å². The first kappa shape index (κ1) is 12.9. The van der Waals surface area contributed by atoms with Gasteiger partial charge in [-0.1, -0.05) is 17.7 Å². The summed E-state index contributed by atoms with van der Waals surface area (Å²) in [5.41, 5.74) is 7.55. The molecule has 0 heterocycles. The van der Waals surface area contributed by atoms with Crippen LogP contribution in [0.5, 0.6) is 0 Å². The number of hydrogen-bond acceptors (Lipinski definition) is 2. The maximum atomic E-state index is 12.2. The van der Waals surface area contributed by atoms with Gasteiger partial charge >= 0.3 is 6.03 Å². The van der Waals surface area contributed by atoms with E-state index < -0.39 is 0 Å². The number of urea groups is 1. The van der Waals surface area contributed by atoms with Crippen molar-refractivity contribution in [2.45, 2.75) is 32.2 Å². The minimum atomic E-state index is -0.00481. The summed E-state index contributed by atoms with van der Waals surface area (Å²) in [6.07, 6.45) is 3.09. The zero-order valence-corrected chi connectivity index (χ0v) is 10.9. The summed E-state index contributed by atoms with van der Waals surface area (Å²) in [5, 5.41) is 2.95. The van der Waals surface area contributed by atoms with Crippen LogP contribution in [-0.4, -0.2) is 30.1 Å². The van der Waals surface area contributed by atoms with Crippen molar-refractivity contribution in [1.82, 2.24) is 4.90 Å². The number of carbonyl (C=O) groups is 1. The third-order valence-electron chi connectivity index (χ3n) is 3.15. The number of amides is 2. The van der Waals surface area contributed by atoms with E-state index >= 15 is 0 Å². The maximum absolute atomic E-state index is 12.2. The van der Waals surface area contributed by atoms with Gasteiger partial charge in [-0.2, -0.15) is 0 Å². The fraction of sp³-hybridized carbons (Fsp3) is 0.500. The van der Waals surface area contributed by atoms with Crippen molar-refractivity contribution in [3.8, 4) is 0 Å². The lowest BCUT2D eigenvalue weighted by atomic mass is 10.2. The first-order chi connectivity index (χ1) is 8.70. The lowest BCUT2D eigenvalue weighted by Gasteiger charge is -2.22. The summed E-state index contributed by atoms with van der Waals surface area (Å²) >= 11 is 0. The second kappa shape index (κ2) is 5.87. The summed E-state index contributed by atoms with van der Waals surface area (Å²) in [6.45, 7) is 3.41. The molecule has 4 heteroatoms. The van der Waals surface area contributed by atoms with Crippen LogP contribution in [-0.2, 0) is 0 Å². The molecule has 2 amide bonds. The molecule has 0 aliphatic heterocycles. The standard InChI is InChI=1S/C14H21N3O/c1-11-3-5-12(6-4-11)16-14(18)17(10-2-9-15)13-7-8-13/h3-6,13H,2,7-10,15H2,1H3,(H,16,18). The van der Waals surface area contributed by atoms with Crippen LogP contribution in [0, 0.1) is 6.92 Å². The van der Waals surface area contributed by atoms with Gasteiger partial charge in [0.15, 0.2) is 0 Å². The largest absolute Gasteiger partial charge is 0.330 e. The SMILES string of the molecule is Cc1ccc(NC(=O)N(CCCN)C2CC2)cc1. The van der Waals surface area contributed by atoms with Crippen LogP contribution in [0.25, 0.3) is 0 Å². The summed E-state index contributed by atoms with van der Waals surface area (Å²) in [4.78, 5) is 14.1. The first-order valence-corrected chi connectivity index (χ1v) is 6.55. The Morgan fingerprint density at radius 1 is 1.39 bits per heavy atom. The van der Waals surface area contributed by atoms with Crippen molar-refractivity contribution in [3.63, 3.8) is 0 Å². The molecule has 0 spiro atoms. The molecule has 0 radical (unpaired) electrons. The van der Waals surface area contributed by atoms with Crippen molar-refractivity contribution in [2.24, 2.45) is 5.73 Å². The van der Waals surface area contributed by atoms with Gasteiger partial charge in [-0.3, -0.25) is 0 Å². The number of hydrogen-bond donors (Lipinski definition) is 2. The predicted molar refractivity (Wildman–Crippen MR) is 73.6 cm³/mol. The summed E-state index contributed by atoms with van der Waals surface area (Å²) in [5.74, 6) is 0. The summed E-state index contributed by atoms with van der Waals surface area (Å²) in [7, 11) is 0. The van der Waals surface area contributed by atoms with E-state index in [2.05, 4.69) is 5.32 Å². The molecule has 0 bridgehead atoms. The number of rotatable bonds is 5. The van der Waals surface area contributed by atoms with Gasteiger partial charge < -0.3 is 16.0 Å². The van der Waals surface area contributed by atoms with E-state index in [-0.39, 0.29) is 6.03 Å². The quantitative estimate of drug-likeness (QED) is 0.839. The normalized spacial score (nSPS) is 14.3. The molecule has 1 saturated carbocycles. The smallest absolute Gasteiger partial charge is 0.322 e. The highest BCUT2D eigenvalue weighted by atomic mass is 16.2. The topological polar surface area (TPSA) is 58.4 Å². The van der Waals surface area contributed by atoms with E-state index in [1.165, 1.54) is 5.56 Å². The van der Waals surface area contributed by atoms with Crippen molar-refractivity contribution in [3.05, 3.63) is 29.8 Å². The fourth-order valence-corrected chi connectivity index (χ4v) is 1.93. The van der Waals surface area contributed by atoms with Crippen LogP contribution in [0.3, 0.4) is 0 Å². The highest BCUT2D eigenvalue weighted by Gasteiger charge is 2.32. The highest BCUT2D eigenvalue weighted by Crippen LogP contribution is 2.27. The number of nitrogens with one attached hydrogen (secondary N) is 1. The molecular weight excluding hydrogens is 226 g/mol. The van der Waals surface area contributed by atoms with Gasteiger partial charge in [-0.05, 0) is 44.9 Å². The van der Waals surface area contributed by atoms with Crippen molar-refractivity contribution in [1.29, 1.82) is 0 Å². The molecule has 0 atom stereocenters. The minimum Gasteiger partial charge on any atom is -0.330 e. The zero-order chi connectivity index (χ0) is 13.0. The Bertz CT molecular complexity index is 398. The highest BCUT2D eigenvalue weighted by molar-refractivity contribution is 5.89. The van der Waals surface area contributed by atoms with E-state index in [0.29, 0.717) is 12.6 Å². The number of benzene rings is 1. The molecule has 0 unspecified atom stereocenters.